The summed E-state index contributed by atoms with van der Waals surface area (Å²) in [6, 6.07) is 0.782. The van der Waals surface area contributed by atoms with Crippen LogP contribution in [0.3, 0.4) is 0 Å². The number of nitrogens with zero attached hydrogens (tertiary/aromatic N) is 1. The van der Waals surface area contributed by atoms with Crippen molar-refractivity contribution >= 4 is 0 Å². The van der Waals surface area contributed by atoms with Crippen molar-refractivity contribution in [1.29, 1.82) is 0 Å². The Labute approximate surface area is 105 Å². The van der Waals surface area contributed by atoms with Crippen LogP contribution >= 0.6 is 0 Å². The number of rotatable bonds is 7. The Kier molecular flexibility index (Phi) is 5.22. The number of hydrogen-bond acceptors (Lipinski definition) is 4. The van der Waals surface area contributed by atoms with E-state index in [2.05, 4.69) is 10.2 Å². The lowest BCUT2D eigenvalue weighted by Crippen LogP contribution is -2.43. The highest BCUT2D eigenvalue weighted by molar-refractivity contribution is 4.87. The summed E-state index contributed by atoms with van der Waals surface area (Å²) in [5.41, 5.74) is 0. The maximum Gasteiger partial charge on any atom is 0.169 e. The molecule has 100 valence electrons. The van der Waals surface area contributed by atoms with Gasteiger partial charge in [-0.1, -0.05) is 0 Å². The maximum atomic E-state index is 5.32. The summed E-state index contributed by atoms with van der Waals surface area (Å²) in [5.74, 6) is 0.804. The molecule has 0 spiro atoms. The molecule has 0 amide bonds. The van der Waals surface area contributed by atoms with Gasteiger partial charge in [-0.2, -0.15) is 0 Å². The highest BCUT2D eigenvalue weighted by atomic mass is 16.7. The van der Waals surface area contributed by atoms with Crippen LogP contribution in [0, 0.1) is 5.92 Å². The molecule has 1 aliphatic carbocycles. The van der Waals surface area contributed by atoms with Crippen molar-refractivity contribution in [3.05, 3.63) is 0 Å². The number of nitrogens with one attached hydrogen (secondary N) is 1. The lowest BCUT2D eigenvalue weighted by molar-refractivity contribution is -0.118. The Morgan fingerprint density at radius 1 is 1.24 bits per heavy atom. The average molecular weight is 242 g/mol. The third kappa shape index (κ3) is 4.21. The molecule has 1 atom stereocenters. The third-order valence-corrected chi connectivity index (χ3v) is 3.86. The lowest BCUT2D eigenvalue weighted by atomic mass is 9.99. The highest BCUT2D eigenvalue weighted by Gasteiger charge is 2.32. The van der Waals surface area contributed by atoms with Crippen LogP contribution in [0.25, 0.3) is 0 Å². The Morgan fingerprint density at radius 3 is 2.53 bits per heavy atom. The first-order valence-corrected chi connectivity index (χ1v) is 6.84. The van der Waals surface area contributed by atoms with Crippen LogP contribution in [0.2, 0.25) is 0 Å². The zero-order chi connectivity index (χ0) is 12.1. The van der Waals surface area contributed by atoms with E-state index < -0.39 is 0 Å². The molecule has 2 rings (SSSR count). The standard InChI is InChI=1S/C13H26N2O2/c1-16-13(17-2)10-15(12-5-6-12)9-11-4-3-7-14-8-11/h11-14H,3-10H2,1-2H3. The van der Waals surface area contributed by atoms with Gasteiger partial charge in [-0.3, -0.25) is 4.90 Å². The summed E-state index contributed by atoms with van der Waals surface area (Å²) in [4.78, 5) is 2.56. The molecule has 2 aliphatic rings. The topological polar surface area (TPSA) is 33.7 Å². The SMILES string of the molecule is COC(CN(CC1CCCNC1)C1CC1)OC. The number of hydrogen-bond donors (Lipinski definition) is 1. The first-order valence-electron chi connectivity index (χ1n) is 6.84. The molecule has 1 heterocycles. The zero-order valence-corrected chi connectivity index (χ0v) is 11.2. The van der Waals surface area contributed by atoms with Gasteiger partial charge in [-0.15, -0.1) is 0 Å². The van der Waals surface area contributed by atoms with Gasteiger partial charge in [-0.05, 0) is 44.7 Å². The Hall–Kier alpha value is -0.160. The van der Waals surface area contributed by atoms with Gasteiger partial charge in [0.25, 0.3) is 0 Å². The fraction of sp³-hybridized carbons (Fsp3) is 1.00. The molecular weight excluding hydrogens is 216 g/mol. The molecule has 1 N–H and O–H groups in total. The van der Waals surface area contributed by atoms with Gasteiger partial charge >= 0.3 is 0 Å². The molecule has 0 radical (unpaired) electrons. The molecule has 0 bridgehead atoms. The van der Waals surface area contributed by atoms with Crippen LogP contribution in [0.4, 0.5) is 0 Å². The molecule has 0 aromatic heterocycles. The van der Waals surface area contributed by atoms with Crippen molar-refractivity contribution in [2.24, 2.45) is 5.92 Å². The van der Waals surface area contributed by atoms with Crippen LogP contribution in [0.5, 0.6) is 0 Å². The Balaban J connectivity index is 1.79. The van der Waals surface area contributed by atoms with Gasteiger partial charge in [0.05, 0.1) is 0 Å². The highest BCUT2D eigenvalue weighted by Crippen LogP contribution is 2.28. The molecule has 1 aliphatic heterocycles. The first kappa shape index (κ1) is 13.3. The first-order chi connectivity index (χ1) is 8.33. The molecule has 1 saturated carbocycles. The molecule has 1 saturated heterocycles. The van der Waals surface area contributed by atoms with Crippen molar-refractivity contribution in [2.75, 3.05) is 40.4 Å². The van der Waals surface area contributed by atoms with Gasteiger partial charge in [0.2, 0.25) is 0 Å². The van der Waals surface area contributed by atoms with Crippen molar-refractivity contribution in [3.8, 4) is 0 Å². The fourth-order valence-corrected chi connectivity index (χ4v) is 2.66. The Morgan fingerprint density at radius 2 is 2.00 bits per heavy atom. The third-order valence-electron chi connectivity index (χ3n) is 3.86. The van der Waals surface area contributed by atoms with Gasteiger partial charge in [0.15, 0.2) is 6.29 Å². The molecule has 0 aromatic rings. The lowest BCUT2D eigenvalue weighted by Gasteiger charge is -2.31. The largest absolute Gasteiger partial charge is 0.355 e. The minimum atomic E-state index is -0.0767. The second kappa shape index (κ2) is 6.69. The molecule has 2 fully saturated rings. The van der Waals surface area contributed by atoms with E-state index in [-0.39, 0.29) is 6.29 Å². The van der Waals surface area contributed by atoms with Crippen LogP contribution < -0.4 is 5.32 Å². The summed E-state index contributed by atoms with van der Waals surface area (Å²) in [6.45, 7) is 4.47. The summed E-state index contributed by atoms with van der Waals surface area (Å²) in [6.07, 6.45) is 5.30. The number of piperidine rings is 1. The van der Waals surface area contributed by atoms with E-state index >= 15 is 0 Å². The normalized spacial score (nSPS) is 25.8. The van der Waals surface area contributed by atoms with E-state index in [1.807, 2.05) is 0 Å². The summed E-state index contributed by atoms with van der Waals surface area (Å²) in [5, 5.41) is 3.49. The van der Waals surface area contributed by atoms with Crippen molar-refractivity contribution in [1.82, 2.24) is 10.2 Å². The van der Waals surface area contributed by atoms with Crippen molar-refractivity contribution in [3.63, 3.8) is 0 Å². The molecule has 4 nitrogen and oxygen atoms in total. The molecule has 17 heavy (non-hydrogen) atoms. The van der Waals surface area contributed by atoms with E-state index in [9.17, 15) is 0 Å². The molecule has 4 heteroatoms. The summed E-state index contributed by atoms with van der Waals surface area (Å²) >= 11 is 0. The molecular formula is C13H26N2O2. The smallest absolute Gasteiger partial charge is 0.169 e. The van der Waals surface area contributed by atoms with Gasteiger partial charge < -0.3 is 14.8 Å². The average Bonchev–Trinajstić information content (AvgIpc) is 3.20. The van der Waals surface area contributed by atoms with Gasteiger partial charge in [0, 0.05) is 33.4 Å². The fourth-order valence-electron chi connectivity index (χ4n) is 2.66. The summed E-state index contributed by atoms with van der Waals surface area (Å²) < 4.78 is 10.6. The Bertz CT molecular complexity index is 211. The second-order valence-corrected chi connectivity index (χ2v) is 5.30. The predicted octanol–water partition coefficient (Wildman–Crippen LogP) is 1.07. The van der Waals surface area contributed by atoms with E-state index in [0.717, 1.165) is 18.5 Å². The predicted molar refractivity (Wildman–Crippen MR) is 68.0 cm³/mol. The second-order valence-electron chi connectivity index (χ2n) is 5.30. The summed E-state index contributed by atoms with van der Waals surface area (Å²) in [7, 11) is 3.45. The molecule has 1 unspecified atom stereocenters. The quantitative estimate of drug-likeness (QED) is 0.677. The number of ether oxygens (including phenoxy) is 2. The van der Waals surface area contributed by atoms with Crippen LogP contribution in [-0.4, -0.2) is 57.6 Å². The zero-order valence-electron chi connectivity index (χ0n) is 11.2. The van der Waals surface area contributed by atoms with Crippen LogP contribution in [0.15, 0.2) is 0 Å². The van der Waals surface area contributed by atoms with E-state index in [1.54, 1.807) is 14.2 Å². The van der Waals surface area contributed by atoms with E-state index in [4.69, 9.17) is 9.47 Å². The minimum Gasteiger partial charge on any atom is -0.355 e. The van der Waals surface area contributed by atoms with Gasteiger partial charge in [-0.25, -0.2) is 0 Å². The molecule has 0 aromatic carbocycles. The van der Waals surface area contributed by atoms with Crippen LogP contribution in [-0.2, 0) is 9.47 Å². The minimum absolute atomic E-state index is 0.0767. The van der Waals surface area contributed by atoms with E-state index in [0.29, 0.717) is 0 Å². The van der Waals surface area contributed by atoms with E-state index in [1.165, 1.54) is 45.3 Å². The maximum absolute atomic E-state index is 5.32. The van der Waals surface area contributed by atoms with Crippen LogP contribution in [0.1, 0.15) is 25.7 Å². The number of methoxy groups -OCH3 is 2. The van der Waals surface area contributed by atoms with Crippen molar-refractivity contribution in [2.45, 2.75) is 38.0 Å². The monoisotopic (exact) mass is 242 g/mol. The van der Waals surface area contributed by atoms with Crippen molar-refractivity contribution < 1.29 is 9.47 Å². The van der Waals surface area contributed by atoms with Gasteiger partial charge in [0.1, 0.15) is 0 Å².